The van der Waals surface area contributed by atoms with Crippen molar-refractivity contribution in [2.75, 3.05) is 5.32 Å². The molecule has 22 heavy (non-hydrogen) atoms. The molecule has 7 nitrogen and oxygen atoms in total. The normalized spacial score (nSPS) is 11.1. The van der Waals surface area contributed by atoms with E-state index in [1.807, 2.05) is 24.3 Å². The van der Waals surface area contributed by atoms with Crippen LogP contribution >= 0.6 is 0 Å². The fourth-order valence-electron chi connectivity index (χ4n) is 1.97. The Hall–Kier alpha value is -3.22. The first-order valence-electron chi connectivity index (χ1n) is 6.59. The Morgan fingerprint density at radius 2 is 2.05 bits per heavy atom. The average Bonchev–Trinajstić information content (AvgIpc) is 2.90. The van der Waals surface area contributed by atoms with Crippen LogP contribution in [0, 0.1) is 0 Å². The fraction of sp³-hybridized carbons (Fsp3) is 0.0667. The van der Waals surface area contributed by atoms with Crippen molar-refractivity contribution < 1.29 is 9.90 Å². The van der Waals surface area contributed by atoms with E-state index in [4.69, 9.17) is 0 Å². The van der Waals surface area contributed by atoms with Crippen LogP contribution < -0.4 is 5.32 Å². The van der Waals surface area contributed by atoms with E-state index < -0.39 is 0 Å². The smallest absolute Gasteiger partial charge is 0.247 e. The summed E-state index contributed by atoms with van der Waals surface area (Å²) >= 11 is 0. The second kappa shape index (κ2) is 5.65. The third-order valence-corrected chi connectivity index (χ3v) is 2.93. The molecule has 7 heteroatoms. The molecule has 1 heterocycles. The number of azo groups is 1. The second-order valence-electron chi connectivity index (χ2n) is 4.66. The third-order valence-electron chi connectivity index (χ3n) is 2.93. The minimum absolute atomic E-state index is 0.0334. The van der Waals surface area contributed by atoms with Crippen LogP contribution in [0.25, 0.3) is 11.0 Å². The molecule has 3 aromatic rings. The predicted molar refractivity (Wildman–Crippen MR) is 82.7 cm³/mol. The van der Waals surface area contributed by atoms with E-state index in [2.05, 4.69) is 25.5 Å². The number of phenolic OH excluding ortho intramolecular Hbond substituents is 1. The zero-order chi connectivity index (χ0) is 15.5. The number of rotatable bonds is 3. The molecule has 0 atom stereocenters. The van der Waals surface area contributed by atoms with Gasteiger partial charge in [0.1, 0.15) is 11.4 Å². The van der Waals surface area contributed by atoms with Gasteiger partial charge in [0.2, 0.25) is 11.9 Å². The Morgan fingerprint density at radius 1 is 1.23 bits per heavy atom. The van der Waals surface area contributed by atoms with Crippen molar-refractivity contribution in [3.8, 4) is 5.75 Å². The van der Waals surface area contributed by atoms with Crippen LogP contribution in [0.1, 0.15) is 6.92 Å². The number of carbonyl (C=O) groups excluding carboxylic acids is 1. The molecule has 0 saturated heterocycles. The van der Waals surface area contributed by atoms with Crippen LogP contribution in [0.2, 0.25) is 0 Å². The molecule has 2 aromatic carbocycles. The lowest BCUT2D eigenvalue weighted by molar-refractivity contribution is -0.114. The zero-order valence-corrected chi connectivity index (χ0v) is 11.7. The molecule has 0 aliphatic heterocycles. The molecule has 1 aromatic heterocycles. The van der Waals surface area contributed by atoms with Crippen molar-refractivity contribution in [3.63, 3.8) is 0 Å². The van der Waals surface area contributed by atoms with Gasteiger partial charge in [-0.15, -0.1) is 10.2 Å². The molecule has 3 N–H and O–H groups in total. The minimum atomic E-state index is -0.203. The Kier molecular flexibility index (Phi) is 3.53. The molecule has 0 aliphatic carbocycles. The van der Waals surface area contributed by atoms with Crippen LogP contribution in [0.4, 0.5) is 17.3 Å². The van der Waals surface area contributed by atoms with E-state index >= 15 is 0 Å². The van der Waals surface area contributed by atoms with Crippen molar-refractivity contribution in [3.05, 3.63) is 42.5 Å². The standard InChI is InChI=1S/C15H13N5O2/c1-9(21)16-10-6-7-14(22)13(8-10)19-20-15-17-11-4-2-3-5-12(11)18-15/h2-8,22H,1H3,(H,16,21)(H,17,18). The number of hydrogen-bond acceptors (Lipinski definition) is 5. The number of aromatic hydroxyl groups is 1. The Morgan fingerprint density at radius 3 is 2.82 bits per heavy atom. The first-order valence-corrected chi connectivity index (χ1v) is 6.59. The van der Waals surface area contributed by atoms with E-state index in [1.54, 1.807) is 6.07 Å². The fourth-order valence-corrected chi connectivity index (χ4v) is 1.97. The van der Waals surface area contributed by atoms with Crippen LogP contribution in [-0.2, 0) is 4.79 Å². The van der Waals surface area contributed by atoms with Crippen LogP contribution in [0.15, 0.2) is 52.7 Å². The molecular formula is C15H13N5O2. The highest BCUT2D eigenvalue weighted by atomic mass is 16.3. The van der Waals surface area contributed by atoms with Crippen LogP contribution in [0.3, 0.4) is 0 Å². The highest BCUT2D eigenvalue weighted by Gasteiger charge is 2.04. The number of anilines is 1. The summed E-state index contributed by atoms with van der Waals surface area (Å²) in [5, 5.41) is 20.4. The summed E-state index contributed by atoms with van der Waals surface area (Å²) in [5.41, 5.74) is 2.41. The second-order valence-corrected chi connectivity index (χ2v) is 4.66. The molecule has 3 rings (SSSR count). The number of aromatic nitrogens is 2. The van der Waals surface area contributed by atoms with Gasteiger partial charge >= 0.3 is 0 Å². The maximum absolute atomic E-state index is 11.0. The Labute approximate surface area is 125 Å². The summed E-state index contributed by atoms with van der Waals surface area (Å²) in [6, 6.07) is 12.1. The minimum Gasteiger partial charge on any atom is -0.506 e. The van der Waals surface area contributed by atoms with Crippen LogP contribution in [-0.4, -0.2) is 21.0 Å². The molecule has 0 saturated carbocycles. The van der Waals surface area contributed by atoms with E-state index in [9.17, 15) is 9.90 Å². The van der Waals surface area contributed by atoms with Crippen molar-refractivity contribution in [2.45, 2.75) is 6.92 Å². The van der Waals surface area contributed by atoms with Gasteiger partial charge in [-0.2, -0.15) is 0 Å². The van der Waals surface area contributed by atoms with Crippen LogP contribution in [0.5, 0.6) is 5.75 Å². The molecule has 0 unspecified atom stereocenters. The number of nitrogens with one attached hydrogen (secondary N) is 2. The molecular weight excluding hydrogens is 282 g/mol. The van der Waals surface area contributed by atoms with E-state index in [0.29, 0.717) is 11.6 Å². The van der Waals surface area contributed by atoms with Gasteiger partial charge in [-0.1, -0.05) is 12.1 Å². The molecule has 1 amide bonds. The molecule has 0 radical (unpaired) electrons. The number of nitrogens with zero attached hydrogens (tertiary/aromatic N) is 3. The lowest BCUT2D eigenvalue weighted by atomic mass is 10.2. The first-order chi connectivity index (χ1) is 10.6. The summed E-state index contributed by atoms with van der Waals surface area (Å²) < 4.78 is 0. The van der Waals surface area contributed by atoms with Gasteiger partial charge in [0.15, 0.2) is 0 Å². The quantitative estimate of drug-likeness (QED) is 0.507. The van der Waals surface area contributed by atoms with Gasteiger partial charge in [-0.05, 0) is 30.3 Å². The van der Waals surface area contributed by atoms with Crippen molar-refractivity contribution in [2.24, 2.45) is 10.2 Å². The van der Waals surface area contributed by atoms with Gasteiger partial charge in [-0.3, -0.25) is 4.79 Å². The topological polar surface area (TPSA) is 103 Å². The highest BCUT2D eigenvalue weighted by Crippen LogP contribution is 2.30. The molecule has 0 spiro atoms. The SMILES string of the molecule is CC(=O)Nc1ccc(O)c(N=Nc2nc3ccccc3[nH]2)c1. The summed E-state index contributed by atoms with van der Waals surface area (Å²) in [6.07, 6.45) is 0. The van der Waals surface area contributed by atoms with Gasteiger partial charge in [-0.25, -0.2) is 4.98 Å². The monoisotopic (exact) mass is 295 g/mol. The number of amides is 1. The lowest BCUT2D eigenvalue weighted by Gasteiger charge is -2.03. The summed E-state index contributed by atoms with van der Waals surface area (Å²) in [4.78, 5) is 18.3. The number of fused-ring (bicyclic) bond motifs is 1. The number of benzene rings is 2. The summed E-state index contributed by atoms with van der Waals surface area (Å²) in [6.45, 7) is 1.41. The number of phenols is 1. The maximum atomic E-state index is 11.0. The average molecular weight is 295 g/mol. The number of hydrogen-bond donors (Lipinski definition) is 3. The van der Waals surface area contributed by atoms with Gasteiger partial charge < -0.3 is 15.4 Å². The maximum Gasteiger partial charge on any atom is 0.247 e. The Bertz CT molecular complexity index is 836. The van der Waals surface area contributed by atoms with Crippen molar-refractivity contribution >= 4 is 34.3 Å². The summed E-state index contributed by atoms with van der Waals surface area (Å²) in [5.74, 6) is 0.102. The number of H-pyrrole nitrogens is 1. The van der Waals surface area contributed by atoms with Gasteiger partial charge in [0, 0.05) is 12.6 Å². The number of imidazole rings is 1. The van der Waals surface area contributed by atoms with E-state index in [0.717, 1.165) is 11.0 Å². The summed E-state index contributed by atoms with van der Waals surface area (Å²) in [7, 11) is 0. The lowest BCUT2D eigenvalue weighted by Crippen LogP contribution is -2.05. The molecule has 0 aliphatic rings. The first kappa shape index (κ1) is 13.7. The highest BCUT2D eigenvalue weighted by molar-refractivity contribution is 5.89. The van der Waals surface area contributed by atoms with Crippen molar-refractivity contribution in [1.82, 2.24) is 9.97 Å². The third kappa shape index (κ3) is 2.93. The predicted octanol–water partition coefficient (Wildman–Crippen LogP) is 3.64. The van der Waals surface area contributed by atoms with Gasteiger partial charge in [0.05, 0.1) is 11.0 Å². The number of para-hydroxylation sites is 2. The molecule has 0 bridgehead atoms. The molecule has 0 fully saturated rings. The van der Waals surface area contributed by atoms with E-state index in [1.165, 1.54) is 19.1 Å². The van der Waals surface area contributed by atoms with Crippen molar-refractivity contribution in [1.29, 1.82) is 0 Å². The molecule has 110 valence electrons. The zero-order valence-electron chi connectivity index (χ0n) is 11.7. The van der Waals surface area contributed by atoms with Gasteiger partial charge in [0.25, 0.3) is 0 Å². The number of carbonyl (C=O) groups is 1. The Balaban J connectivity index is 1.89. The number of aromatic amines is 1. The van der Waals surface area contributed by atoms with E-state index in [-0.39, 0.29) is 17.3 Å². The largest absolute Gasteiger partial charge is 0.506 e.